The Morgan fingerprint density at radius 1 is 1.18 bits per heavy atom. The van der Waals surface area contributed by atoms with Gasteiger partial charge in [0.15, 0.2) is 17.2 Å². The highest BCUT2D eigenvalue weighted by Gasteiger charge is 2.23. The van der Waals surface area contributed by atoms with E-state index in [1.807, 2.05) is 0 Å². The maximum Gasteiger partial charge on any atom is 0.357 e. The van der Waals surface area contributed by atoms with Crippen molar-refractivity contribution in [1.29, 1.82) is 0 Å². The second kappa shape index (κ2) is 6.54. The number of carboxylic acid groups (broad SMARTS) is 1. The summed E-state index contributed by atoms with van der Waals surface area (Å²) in [5.74, 6) is -1.71. The summed E-state index contributed by atoms with van der Waals surface area (Å²) in [6, 6.07) is 5.12. The van der Waals surface area contributed by atoms with Gasteiger partial charge < -0.3 is 15.4 Å². The summed E-state index contributed by atoms with van der Waals surface area (Å²) in [7, 11) is 0. The summed E-state index contributed by atoms with van der Waals surface area (Å²) in [5.41, 5.74) is -0.0920. The average Bonchev–Trinajstić information content (AvgIpc) is 3.17. The van der Waals surface area contributed by atoms with Crippen LogP contribution in [0, 0.1) is 0 Å². The van der Waals surface area contributed by atoms with E-state index in [1.54, 1.807) is 12.1 Å². The van der Waals surface area contributed by atoms with Gasteiger partial charge in [0.1, 0.15) is 17.9 Å². The quantitative estimate of drug-likeness (QED) is 0.473. The number of benzene rings is 1. The molecule has 0 aliphatic rings. The Morgan fingerprint density at radius 3 is 2.68 bits per heavy atom. The molecule has 4 rings (SSSR count). The minimum absolute atomic E-state index is 0.160. The molecule has 0 saturated heterocycles. The number of aromatic carboxylic acids is 1. The maximum atomic E-state index is 12.8. The van der Waals surface area contributed by atoms with Crippen molar-refractivity contribution in [2.24, 2.45) is 0 Å². The van der Waals surface area contributed by atoms with E-state index in [9.17, 15) is 19.5 Å². The van der Waals surface area contributed by atoms with E-state index in [1.165, 1.54) is 31.7 Å². The van der Waals surface area contributed by atoms with Gasteiger partial charge in [-0.3, -0.25) is 9.59 Å². The van der Waals surface area contributed by atoms with E-state index in [-0.39, 0.29) is 22.3 Å². The predicted octanol–water partition coefficient (Wildman–Crippen LogP) is 0.961. The van der Waals surface area contributed by atoms with Crippen LogP contribution in [0.1, 0.15) is 23.5 Å². The molecule has 3 N–H and O–H groups in total. The normalized spacial score (nSPS) is 12.2. The number of fused-ring (bicyclic) bond motifs is 2. The van der Waals surface area contributed by atoms with Crippen LogP contribution < -0.4 is 10.9 Å². The van der Waals surface area contributed by atoms with Crippen molar-refractivity contribution in [3.8, 4) is 0 Å². The largest absolute Gasteiger partial charge is 0.476 e. The van der Waals surface area contributed by atoms with E-state index >= 15 is 0 Å². The zero-order valence-electron chi connectivity index (χ0n) is 14.4. The number of aromatic nitrogens is 6. The van der Waals surface area contributed by atoms with Crippen LogP contribution in [0.25, 0.3) is 21.9 Å². The highest BCUT2D eigenvalue weighted by molar-refractivity contribution is 6.02. The van der Waals surface area contributed by atoms with Crippen molar-refractivity contribution in [2.45, 2.75) is 13.0 Å². The molecular formula is C17H13N7O4. The van der Waals surface area contributed by atoms with Gasteiger partial charge in [0.05, 0.1) is 11.7 Å². The lowest BCUT2D eigenvalue weighted by Crippen LogP contribution is -2.35. The van der Waals surface area contributed by atoms with Crippen LogP contribution >= 0.6 is 0 Å². The molecule has 4 aromatic rings. The number of imidazole rings is 1. The summed E-state index contributed by atoms with van der Waals surface area (Å²) in [5, 5.41) is 16.3. The van der Waals surface area contributed by atoms with Crippen molar-refractivity contribution < 1.29 is 14.7 Å². The molecule has 11 heteroatoms. The van der Waals surface area contributed by atoms with Gasteiger partial charge in [-0.2, -0.15) is 5.10 Å². The number of hydrogen-bond acceptors (Lipinski definition) is 7. The molecule has 28 heavy (non-hydrogen) atoms. The topological polar surface area (TPSA) is 156 Å². The van der Waals surface area contributed by atoms with Gasteiger partial charge in [0.25, 0.3) is 5.56 Å². The Labute approximate surface area is 156 Å². The number of carbonyl (C=O) groups excluding carboxylic acids is 1. The molecule has 140 valence electrons. The first kappa shape index (κ1) is 17.3. The van der Waals surface area contributed by atoms with Gasteiger partial charge in [0.2, 0.25) is 5.91 Å². The zero-order chi connectivity index (χ0) is 19.8. The Bertz CT molecular complexity index is 1290. The van der Waals surface area contributed by atoms with Gasteiger partial charge >= 0.3 is 5.97 Å². The predicted molar refractivity (Wildman–Crippen MR) is 98.0 cm³/mol. The molecule has 0 aliphatic heterocycles. The van der Waals surface area contributed by atoms with Crippen LogP contribution in [0.2, 0.25) is 0 Å². The minimum atomic E-state index is -1.30. The Kier molecular flexibility index (Phi) is 4.03. The minimum Gasteiger partial charge on any atom is -0.476 e. The number of hydrogen-bond donors (Lipinski definition) is 3. The Balaban J connectivity index is 1.76. The molecule has 0 aliphatic carbocycles. The molecule has 11 nitrogen and oxygen atoms in total. The van der Waals surface area contributed by atoms with Crippen LogP contribution in [0.15, 0.2) is 41.7 Å². The highest BCUT2D eigenvalue weighted by Crippen LogP contribution is 2.18. The summed E-state index contributed by atoms with van der Waals surface area (Å²) in [6.45, 7) is 1.44. The zero-order valence-corrected chi connectivity index (χ0v) is 14.4. The fourth-order valence-electron chi connectivity index (χ4n) is 2.82. The third-order valence-corrected chi connectivity index (χ3v) is 4.24. The summed E-state index contributed by atoms with van der Waals surface area (Å²) in [4.78, 5) is 51.8. The molecule has 1 atom stereocenters. The number of carbonyl (C=O) groups is 2. The number of nitrogens with one attached hydrogen (secondary N) is 2. The molecule has 0 spiro atoms. The van der Waals surface area contributed by atoms with E-state index < -0.39 is 23.5 Å². The van der Waals surface area contributed by atoms with Gasteiger partial charge in [-0.05, 0) is 13.0 Å². The molecule has 0 fully saturated rings. The monoisotopic (exact) mass is 379 g/mol. The van der Waals surface area contributed by atoms with Crippen LogP contribution in [-0.4, -0.2) is 46.7 Å². The number of carboxylic acids is 1. The van der Waals surface area contributed by atoms with E-state index in [0.29, 0.717) is 11.2 Å². The van der Waals surface area contributed by atoms with Gasteiger partial charge in [-0.1, -0.05) is 18.2 Å². The molecule has 1 aromatic carbocycles. The lowest BCUT2D eigenvalue weighted by Gasteiger charge is -2.15. The van der Waals surface area contributed by atoms with Crippen molar-refractivity contribution in [1.82, 2.24) is 29.7 Å². The lowest BCUT2D eigenvalue weighted by atomic mass is 10.1. The number of aromatic amines is 1. The van der Waals surface area contributed by atoms with Crippen molar-refractivity contribution in [3.05, 3.63) is 53.0 Å². The van der Waals surface area contributed by atoms with E-state index in [0.717, 1.165) is 4.68 Å². The summed E-state index contributed by atoms with van der Waals surface area (Å²) >= 11 is 0. The first-order valence-corrected chi connectivity index (χ1v) is 8.17. The summed E-state index contributed by atoms with van der Waals surface area (Å²) in [6.07, 6.45) is 2.65. The van der Waals surface area contributed by atoms with Crippen molar-refractivity contribution >= 4 is 39.6 Å². The molecule has 3 heterocycles. The highest BCUT2D eigenvalue weighted by atomic mass is 16.4. The fourth-order valence-corrected chi connectivity index (χ4v) is 2.82. The first-order valence-electron chi connectivity index (χ1n) is 8.17. The first-order chi connectivity index (χ1) is 13.5. The fraction of sp³-hybridized carbons (Fsp3) is 0.118. The number of amides is 1. The van der Waals surface area contributed by atoms with Gasteiger partial charge in [-0.25, -0.2) is 24.4 Å². The van der Waals surface area contributed by atoms with Crippen molar-refractivity contribution in [2.75, 3.05) is 5.32 Å². The molecule has 0 radical (unpaired) electrons. The van der Waals surface area contributed by atoms with E-state index in [4.69, 9.17) is 0 Å². The maximum absolute atomic E-state index is 12.8. The molecule has 0 bridgehead atoms. The van der Waals surface area contributed by atoms with Crippen molar-refractivity contribution in [3.63, 3.8) is 0 Å². The molecule has 3 aromatic heterocycles. The molecule has 0 saturated carbocycles. The standard InChI is InChI=1S/C17H13N7O4/c1-8(15(25)22-14-12-13(19-6-18-12)20-7-21-14)24-16(26)10-5-3-2-4-9(10)11(23-24)17(27)28/h2-8H,1H3,(H,27,28)(H2,18,19,20,21,22,25). The number of anilines is 1. The van der Waals surface area contributed by atoms with Gasteiger partial charge in [0, 0.05) is 5.39 Å². The number of H-pyrrole nitrogens is 1. The van der Waals surface area contributed by atoms with Crippen LogP contribution in [0.5, 0.6) is 0 Å². The van der Waals surface area contributed by atoms with Gasteiger partial charge in [-0.15, -0.1) is 0 Å². The van der Waals surface area contributed by atoms with Crippen LogP contribution in [0.4, 0.5) is 5.82 Å². The van der Waals surface area contributed by atoms with Crippen LogP contribution in [-0.2, 0) is 4.79 Å². The lowest BCUT2D eigenvalue weighted by molar-refractivity contribution is -0.119. The molecular weight excluding hydrogens is 366 g/mol. The Hall–Kier alpha value is -4.15. The Morgan fingerprint density at radius 2 is 1.93 bits per heavy atom. The average molecular weight is 379 g/mol. The second-order valence-corrected chi connectivity index (χ2v) is 5.94. The van der Waals surface area contributed by atoms with Crippen LogP contribution in [0.3, 0.4) is 0 Å². The third kappa shape index (κ3) is 2.74. The number of nitrogens with zero attached hydrogens (tertiary/aromatic N) is 5. The third-order valence-electron chi connectivity index (χ3n) is 4.24. The second-order valence-electron chi connectivity index (χ2n) is 5.94. The smallest absolute Gasteiger partial charge is 0.357 e. The SMILES string of the molecule is CC(C(=O)Nc1ncnc2nc[nH]c12)n1nc(C(=O)O)c2ccccc2c1=O. The summed E-state index contributed by atoms with van der Waals surface area (Å²) < 4.78 is 0.854. The number of rotatable bonds is 4. The van der Waals surface area contributed by atoms with E-state index in [2.05, 4.69) is 30.4 Å². The molecule has 1 amide bonds. The molecule has 1 unspecified atom stereocenters.